The average molecular weight is 849 g/mol. The van der Waals surface area contributed by atoms with Crippen molar-refractivity contribution >= 4 is 17.9 Å². The predicted molar refractivity (Wildman–Crippen MR) is 256 cm³/mol. The monoisotopic (exact) mass is 849 g/mol. The van der Waals surface area contributed by atoms with Gasteiger partial charge in [-0.2, -0.15) is 0 Å². The summed E-state index contributed by atoms with van der Waals surface area (Å²) >= 11 is 0. The molecule has 0 saturated heterocycles. The number of carbonyl (C=O) groups excluding carboxylic acids is 3. The molecule has 0 aromatic rings. The Morgan fingerprint density at radius 1 is 0.317 bits per heavy atom. The van der Waals surface area contributed by atoms with E-state index < -0.39 is 6.10 Å². The Bertz CT molecular complexity index is 916. The van der Waals surface area contributed by atoms with Crippen LogP contribution in [0.4, 0.5) is 0 Å². The van der Waals surface area contributed by atoms with Crippen molar-refractivity contribution in [3.05, 3.63) is 0 Å². The Balaban J connectivity index is 4.32. The number of hydrogen-bond donors (Lipinski definition) is 0. The van der Waals surface area contributed by atoms with Gasteiger partial charge in [0.1, 0.15) is 13.2 Å². The highest BCUT2D eigenvalue weighted by molar-refractivity contribution is 5.71. The highest BCUT2D eigenvalue weighted by atomic mass is 16.6. The van der Waals surface area contributed by atoms with Gasteiger partial charge in [-0.15, -0.1) is 0 Å². The number of carbonyl (C=O) groups is 3. The van der Waals surface area contributed by atoms with E-state index in [1.807, 2.05) is 0 Å². The van der Waals surface area contributed by atoms with Crippen LogP contribution in [0.25, 0.3) is 0 Å². The van der Waals surface area contributed by atoms with Crippen molar-refractivity contribution in [3.8, 4) is 0 Å². The maximum absolute atomic E-state index is 12.8. The van der Waals surface area contributed by atoms with Gasteiger partial charge in [-0.1, -0.05) is 259 Å². The van der Waals surface area contributed by atoms with Gasteiger partial charge in [-0.25, -0.2) is 0 Å². The molecule has 356 valence electrons. The molecular weight excluding hydrogens is 745 g/mol. The molecule has 6 heteroatoms. The van der Waals surface area contributed by atoms with Crippen LogP contribution in [-0.2, 0) is 28.6 Å². The molecule has 0 fully saturated rings. The first-order chi connectivity index (χ1) is 29.2. The highest BCUT2D eigenvalue weighted by Gasteiger charge is 2.19. The van der Waals surface area contributed by atoms with Gasteiger partial charge in [0.25, 0.3) is 0 Å². The van der Waals surface area contributed by atoms with Crippen LogP contribution in [0.1, 0.15) is 298 Å². The van der Waals surface area contributed by atoms with E-state index in [9.17, 15) is 14.4 Å². The summed E-state index contributed by atoms with van der Waals surface area (Å²) in [6.45, 7) is 11.4. The average Bonchev–Trinajstić information content (AvgIpc) is 3.22. The van der Waals surface area contributed by atoms with E-state index in [0.717, 1.165) is 69.6 Å². The minimum absolute atomic E-state index is 0.0636. The molecular formula is C54H104O6. The fourth-order valence-electron chi connectivity index (χ4n) is 8.17. The molecule has 6 nitrogen and oxygen atoms in total. The topological polar surface area (TPSA) is 78.9 Å². The zero-order valence-corrected chi connectivity index (χ0v) is 41.1. The Hall–Kier alpha value is -1.59. The minimum atomic E-state index is -0.762. The van der Waals surface area contributed by atoms with Crippen molar-refractivity contribution in [2.75, 3.05) is 13.2 Å². The molecule has 1 atom stereocenters. The molecule has 0 rings (SSSR count). The van der Waals surface area contributed by atoms with Crippen molar-refractivity contribution in [2.45, 2.75) is 304 Å². The first-order valence-corrected chi connectivity index (χ1v) is 26.7. The summed E-state index contributed by atoms with van der Waals surface area (Å²) in [7, 11) is 0. The normalized spacial score (nSPS) is 12.1. The van der Waals surface area contributed by atoms with Gasteiger partial charge in [0.05, 0.1) is 0 Å². The van der Waals surface area contributed by atoms with Gasteiger partial charge in [-0.05, 0) is 31.1 Å². The lowest BCUT2D eigenvalue weighted by Crippen LogP contribution is -2.30. The lowest BCUT2D eigenvalue weighted by Gasteiger charge is -2.18. The van der Waals surface area contributed by atoms with Gasteiger partial charge in [0.15, 0.2) is 6.10 Å². The third-order valence-electron chi connectivity index (χ3n) is 12.2. The standard InChI is InChI=1S/C54H104O6/c1-6-7-8-9-10-11-12-13-14-15-18-26-31-36-41-46-54(57)60-51(48-59-53(56)45-40-35-30-25-21-20-23-28-33-38-43-50(4)5)47-58-52(55)44-39-34-29-24-19-16-17-22-27-32-37-42-49(2)3/h49-51H,6-48H2,1-5H3/t51-/m0/s1. The van der Waals surface area contributed by atoms with Crippen LogP contribution in [0, 0.1) is 11.8 Å². The first kappa shape index (κ1) is 58.4. The van der Waals surface area contributed by atoms with E-state index >= 15 is 0 Å². The summed E-state index contributed by atoms with van der Waals surface area (Å²) in [4.78, 5) is 38.0. The van der Waals surface area contributed by atoms with E-state index in [2.05, 4.69) is 34.6 Å². The van der Waals surface area contributed by atoms with Crippen molar-refractivity contribution in [1.29, 1.82) is 0 Å². The minimum Gasteiger partial charge on any atom is -0.462 e. The molecule has 0 aromatic carbocycles. The van der Waals surface area contributed by atoms with Crippen molar-refractivity contribution in [2.24, 2.45) is 11.8 Å². The SMILES string of the molecule is CCCCCCCCCCCCCCCCCC(=O)O[C@@H](COC(=O)CCCCCCCCCCCCCC(C)C)COC(=O)CCCCCCCCCCCCC(C)C. The lowest BCUT2D eigenvalue weighted by atomic mass is 10.0. The van der Waals surface area contributed by atoms with Gasteiger partial charge < -0.3 is 14.2 Å². The predicted octanol–water partition coefficient (Wildman–Crippen LogP) is 17.3. The molecule has 0 unspecified atom stereocenters. The first-order valence-electron chi connectivity index (χ1n) is 26.7. The summed E-state index contributed by atoms with van der Waals surface area (Å²) in [5.74, 6) is 0.800. The molecule has 0 amide bonds. The summed E-state index contributed by atoms with van der Waals surface area (Å²) < 4.78 is 16.8. The molecule has 0 spiro atoms. The molecule has 60 heavy (non-hydrogen) atoms. The summed E-state index contributed by atoms with van der Waals surface area (Å²) in [5, 5.41) is 0. The highest BCUT2D eigenvalue weighted by Crippen LogP contribution is 2.17. The number of hydrogen-bond acceptors (Lipinski definition) is 6. The fourth-order valence-corrected chi connectivity index (χ4v) is 8.17. The van der Waals surface area contributed by atoms with E-state index in [1.165, 1.54) is 186 Å². The molecule has 0 saturated carbocycles. The number of ether oxygens (including phenoxy) is 3. The Kier molecular flexibility index (Phi) is 45.7. The van der Waals surface area contributed by atoms with Gasteiger partial charge in [0, 0.05) is 19.3 Å². The van der Waals surface area contributed by atoms with E-state index in [0.29, 0.717) is 19.3 Å². The molecule has 0 radical (unpaired) electrons. The Morgan fingerprint density at radius 2 is 0.550 bits per heavy atom. The van der Waals surface area contributed by atoms with Crippen molar-refractivity contribution < 1.29 is 28.6 Å². The van der Waals surface area contributed by atoms with Crippen molar-refractivity contribution in [3.63, 3.8) is 0 Å². The van der Waals surface area contributed by atoms with E-state index in [-0.39, 0.29) is 31.1 Å². The van der Waals surface area contributed by atoms with Crippen LogP contribution in [0.15, 0.2) is 0 Å². The van der Waals surface area contributed by atoms with E-state index in [1.54, 1.807) is 0 Å². The molecule has 0 aliphatic carbocycles. The van der Waals surface area contributed by atoms with Crippen LogP contribution in [0.2, 0.25) is 0 Å². The second kappa shape index (κ2) is 46.9. The largest absolute Gasteiger partial charge is 0.462 e. The van der Waals surface area contributed by atoms with Crippen LogP contribution < -0.4 is 0 Å². The van der Waals surface area contributed by atoms with Crippen LogP contribution >= 0.6 is 0 Å². The van der Waals surface area contributed by atoms with Crippen LogP contribution in [0.5, 0.6) is 0 Å². The van der Waals surface area contributed by atoms with Crippen LogP contribution in [0.3, 0.4) is 0 Å². The van der Waals surface area contributed by atoms with Crippen LogP contribution in [-0.4, -0.2) is 37.2 Å². The van der Waals surface area contributed by atoms with Gasteiger partial charge in [-0.3, -0.25) is 14.4 Å². The zero-order chi connectivity index (χ0) is 44.0. The molecule has 0 heterocycles. The maximum atomic E-state index is 12.8. The maximum Gasteiger partial charge on any atom is 0.306 e. The Morgan fingerprint density at radius 3 is 0.817 bits per heavy atom. The number of rotatable bonds is 48. The molecule has 0 aliphatic rings. The van der Waals surface area contributed by atoms with E-state index in [4.69, 9.17) is 14.2 Å². The van der Waals surface area contributed by atoms with Gasteiger partial charge in [0.2, 0.25) is 0 Å². The number of unbranched alkanes of at least 4 members (excludes halogenated alkanes) is 33. The third-order valence-corrected chi connectivity index (χ3v) is 12.2. The molecule has 0 bridgehead atoms. The summed E-state index contributed by atoms with van der Waals surface area (Å²) in [6, 6.07) is 0. The smallest absolute Gasteiger partial charge is 0.306 e. The second-order valence-electron chi connectivity index (χ2n) is 19.5. The molecule has 0 aliphatic heterocycles. The van der Waals surface area contributed by atoms with Crippen molar-refractivity contribution in [1.82, 2.24) is 0 Å². The fraction of sp³-hybridized carbons (Fsp3) is 0.944. The molecule has 0 aromatic heterocycles. The lowest BCUT2D eigenvalue weighted by molar-refractivity contribution is -0.167. The Labute approximate surface area is 374 Å². The van der Waals surface area contributed by atoms with Gasteiger partial charge >= 0.3 is 17.9 Å². The number of esters is 3. The third kappa shape index (κ3) is 47.5. The molecule has 0 N–H and O–H groups in total. The summed E-state index contributed by atoms with van der Waals surface area (Å²) in [6.07, 6.45) is 48.0. The zero-order valence-electron chi connectivity index (χ0n) is 41.1. The quantitative estimate of drug-likeness (QED) is 0.0345. The summed E-state index contributed by atoms with van der Waals surface area (Å²) in [5.41, 5.74) is 0. The second-order valence-corrected chi connectivity index (χ2v) is 19.5.